The summed E-state index contributed by atoms with van der Waals surface area (Å²) in [5, 5.41) is 0. The van der Waals surface area contributed by atoms with Gasteiger partial charge in [0.2, 0.25) is 0 Å². The quantitative estimate of drug-likeness (QED) is 0.490. The first-order chi connectivity index (χ1) is 8.96. The largest absolute Gasteiger partial charge is 0.454 e. The van der Waals surface area contributed by atoms with Crippen LogP contribution in [-0.2, 0) is 19.1 Å². The van der Waals surface area contributed by atoms with E-state index in [1.165, 1.54) is 0 Å². The van der Waals surface area contributed by atoms with Crippen molar-refractivity contribution in [2.75, 3.05) is 6.61 Å². The predicted molar refractivity (Wildman–Crippen MR) is 66.2 cm³/mol. The predicted octanol–water partition coefficient (Wildman–Crippen LogP) is 1.55. The maximum Gasteiger partial charge on any atom is 0.334 e. The average molecular weight is 260 g/mol. The number of ketones is 1. The Morgan fingerprint density at radius 3 is 2.79 bits per heavy atom. The van der Waals surface area contributed by atoms with Crippen LogP contribution in [0.15, 0.2) is 23.3 Å². The van der Waals surface area contributed by atoms with Crippen molar-refractivity contribution >= 4 is 11.8 Å². The van der Waals surface area contributed by atoms with Crippen molar-refractivity contribution in [1.82, 2.24) is 0 Å². The molecule has 2 heterocycles. The van der Waals surface area contributed by atoms with Crippen LogP contribution in [0.3, 0.4) is 0 Å². The van der Waals surface area contributed by atoms with Crippen molar-refractivity contribution in [2.24, 2.45) is 11.3 Å². The van der Waals surface area contributed by atoms with Gasteiger partial charge in [-0.2, -0.15) is 0 Å². The highest BCUT2D eigenvalue weighted by Crippen LogP contribution is 2.58. The van der Waals surface area contributed by atoms with Gasteiger partial charge in [0.25, 0.3) is 0 Å². The first-order valence-electron chi connectivity index (χ1n) is 6.74. The maximum absolute atomic E-state index is 12.1. The number of rotatable bonds is 0. The van der Waals surface area contributed by atoms with E-state index in [0.29, 0.717) is 6.61 Å². The van der Waals surface area contributed by atoms with Crippen LogP contribution >= 0.6 is 0 Å². The Morgan fingerprint density at radius 2 is 2.11 bits per heavy atom. The SMILES string of the molecule is CC1=C2CC3C(C)(C=CC(=O)C34CO4)CC2OC1=O. The van der Waals surface area contributed by atoms with Gasteiger partial charge in [0.15, 0.2) is 11.4 Å². The fourth-order valence-corrected chi connectivity index (χ4v) is 3.99. The van der Waals surface area contributed by atoms with E-state index < -0.39 is 5.60 Å². The van der Waals surface area contributed by atoms with E-state index in [-0.39, 0.29) is 29.2 Å². The van der Waals surface area contributed by atoms with Gasteiger partial charge in [-0.15, -0.1) is 0 Å². The molecule has 0 amide bonds. The molecule has 0 radical (unpaired) electrons. The molecule has 100 valence electrons. The zero-order valence-electron chi connectivity index (χ0n) is 11.1. The number of esters is 1. The fourth-order valence-electron chi connectivity index (χ4n) is 3.99. The van der Waals surface area contributed by atoms with Crippen LogP contribution in [0.2, 0.25) is 0 Å². The number of carbonyl (C=O) groups is 2. The summed E-state index contributed by atoms with van der Waals surface area (Å²) in [5.74, 6) is 0.00781. The minimum atomic E-state index is -0.618. The Morgan fingerprint density at radius 1 is 1.37 bits per heavy atom. The third-order valence-corrected chi connectivity index (χ3v) is 5.32. The van der Waals surface area contributed by atoms with Gasteiger partial charge >= 0.3 is 5.97 Å². The lowest BCUT2D eigenvalue weighted by atomic mass is 9.57. The van der Waals surface area contributed by atoms with Crippen LogP contribution in [0.4, 0.5) is 0 Å². The van der Waals surface area contributed by atoms with Gasteiger partial charge in [-0.3, -0.25) is 4.79 Å². The summed E-state index contributed by atoms with van der Waals surface area (Å²) < 4.78 is 11.0. The monoisotopic (exact) mass is 260 g/mol. The third-order valence-electron chi connectivity index (χ3n) is 5.32. The second-order valence-electron chi connectivity index (χ2n) is 6.39. The smallest absolute Gasteiger partial charge is 0.334 e. The van der Waals surface area contributed by atoms with Gasteiger partial charge in [-0.1, -0.05) is 13.0 Å². The minimum Gasteiger partial charge on any atom is -0.454 e. The zero-order valence-corrected chi connectivity index (χ0v) is 11.1. The molecule has 4 aliphatic rings. The molecule has 0 aromatic rings. The molecule has 4 nitrogen and oxygen atoms in total. The van der Waals surface area contributed by atoms with Gasteiger partial charge in [0.05, 0.1) is 6.61 Å². The fraction of sp³-hybridized carbons (Fsp3) is 0.600. The van der Waals surface area contributed by atoms with Gasteiger partial charge in [-0.25, -0.2) is 4.79 Å². The zero-order chi connectivity index (χ0) is 13.4. The highest BCUT2D eigenvalue weighted by molar-refractivity contribution is 6.01. The molecule has 1 saturated heterocycles. The van der Waals surface area contributed by atoms with E-state index in [1.54, 1.807) is 6.08 Å². The van der Waals surface area contributed by atoms with Gasteiger partial charge in [0, 0.05) is 11.5 Å². The van der Waals surface area contributed by atoms with Crippen LogP contribution in [0.1, 0.15) is 26.7 Å². The molecular formula is C15H16O4. The molecule has 4 atom stereocenters. The average Bonchev–Trinajstić information content (AvgIpc) is 3.10. The minimum absolute atomic E-state index is 0.0805. The second kappa shape index (κ2) is 3.18. The van der Waals surface area contributed by atoms with Gasteiger partial charge in [0.1, 0.15) is 6.10 Å². The molecule has 0 bridgehead atoms. The normalized spacial score (nSPS) is 47.3. The summed E-state index contributed by atoms with van der Waals surface area (Å²) in [7, 11) is 0. The van der Waals surface area contributed by atoms with Gasteiger partial charge in [-0.05, 0) is 36.8 Å². The highest BCUT2D eigenvalue weighted by Gasteiger charge is 2.65. The number of epoxide rings is 1. The molecule has 4 rings (SSSR count). The Hall–Kier alpha value is -1.42. The van der Waals surface area contributed by atoms with E-state index in [0.717, 1.165) is 24.0 Å². The summed E-state index contributed by atoms with van der Waals surface area (Å²) >= 11 is 0. The number of fused-ring (bicyclic) bond motifs is 3. The number of allylic oxidation sites excluding steroid dienone is 1. The van der Waals surface area contributed by atoms with Crippen molar-refractivity contribution in [3.8, 4) is 0 Å². The molecule has 19 heavy (non-hydrogen) atoms. The van der Waals surface area contributed by atoms with E-state index >= 15 is 0 Å². The number of hydrogen-bond donors (Lipinski definition) is 0. The van der Waals surface area contributed by atoms with Crippen LogP contribution in [0.5, 0.6) is 0 Å². The topological polar surface area (TPSA) is 55.9 Å². The molecule has 0 aromatic heterocycles. The highest BCUT2D eigenvalue weighted by atomic mass is 16.6. The molecule has 2 aliphatic heterocycles. The third kappa shape index (κ3) is 1.27. The second-order valence-corrected chi connectivity index (χ2v) is 6.39. The molecule has 4 unspecified atom stereocenters. The molecule has 1 spiro atoms. The number of ether oxygens (including phenoxy) is 2. The van der Waals surface area contributed by atoms with Gasteiger partial charge < -0.3 is 9.47 Å². The summed E-state index contributed by atoms with van der Waals surface area (Å²) in [5.41, 5.74) is 1.06. The maximum atomic E-state index is 12.1. The van der Waals surface area contributed by atoms with E-state index in [4.69, 9.17) is 9.47 Å². The number of carbonyl (C=O) groups excluding carboxylic acids is 2. The molecule has 2 aliphatic carbocycles. The molecule has 0 N–H and O–H groups in total. The summed E-state index contributed by atoms with van der Waals surface area (Å²) in [6.45, 7) is 4.48. The lowest BCUT2D eigenvalue weighted by Crippen LogP contribution is -2.50. The molecule has 0 aromatic carbocycles. The summed E-state index contributed by atoms with van der Waals surface area (Å²) in [4.78, 5) is 23.8. The lowest BCUT2D eigenvalue weighted by Gasteiger charge is -2.46. The van der Waals surface area contributed by atoms with E-state index in [1.807, 2.05) is 13.0 Å². The standard InChI is InChI=1S/C15H16O4/c1-8-9-5-11-14(2,6-10(9)19-13(8)17)4-3-12(16)15(11)7-18-15/h3-4,10-11H,5-7H2,1-2H3. The molecule has 2 fully saturated rings. The van der Waals surface area contributed by atoms with E-state index in [9.17, 15) is 9.59 Å². The summed E-state index contributed by atoms with van der Waals surface area (Å²) in [6, 6.07) is 0. The number of hydrogen-bond acceptors (Lipinski definition) is 4. The Labute approximate surface area is 111 Å². The van der Waals surface area contributed by atoms with Crippen molar-refractivity contribution in [3.63, 3.8) is 0 Å². The molecular weight excluding hydrogens is 244 g/mol. The van der Waals surface area contributed by atoms with Crippen LogP contribution < -0.4 is 0 Å². The first kappa shape index (κ1) is 11.4. The van der Waals surface area contributed by atoms with Crippen LogP contribution in [0.25, 0.3) is 0 Å². The van der Waals surface area contributed by atoms with Crippen LogP contribution in [-0.4, -0.2) is 30.1 Å². The van der Waals surface area contributed by atoms with Crippen molar-refractivity contribution in [1.29, 1.82) is 0 Å². The Balaban J connectivity index is 1.80. The molecule has 1 saturated carbocycles. The van der Waals surface area contributed by atoms with Crippen molar-refractivity contribution < 1.29 is 19.1 Å². The Bertz CT molecular complexity index is 567. The van der Waals surface area contributed by atoms with Crippen molar-refractivity contribution in [2.45, 2.75) is 38.4 Å². The van der Waals surface area contributed by atoms with E-state index in [2.05, 4.69) is 6.92 Å². The lowest BCUT2D eigenvalue weighted by molar-refractivity contribution is -0.142. The van der Waals surface area contributed by atoms with Crippen LogP contribution in [0, 0.1) is 11.3 Å². The summed E-state index contributed by atoms with van der Waals surface area (Å²) in [6.07, 6.45) is 5.02. The van der Waals surface area contributed by atoms with Crippen molar-refractivity contribution in [3.05, 3.63) is 23.3 Å². The molecule has 4 heteroatoms. The first-order valence-corrected chi connectivity index (χ1v) is 6.74. The Kier molecular flexibility index (Phi) is 1.91.